The lowest BCUT2D eigenvalue weighted by molar-refractivity contribution is -0.132. The molecule has 1 aromatic heterocycles. The maximum Gasteiger partial charge on any atom is 0.329 e. The molecule has 0 spiro atoms. The number of amides is 1. The van der Waals surface area contributed by atoms with E-state index in [-0.39, 0.29) is 12.5 Å². The zero-order chi connectivity index (χ0) is 18.1. The van der Waals surface area contributed by atoms with E-state index in [0.717, 1.165) is 23.0 Å². The maximum absolute atomic E-state index is 12.8. The molecule has 1 N–H and O–H groups in total. The molecule has 0 bridgehead atoms. The number of hydrogen-bond acceptors (Lipinski definition) is 3. The average Bonchev–Trinajstić information content (AvgIpc) is 2.87. The van der Waals surface area contributed by atoms with E-state index in [1.54, 1.807) is 29.2 Å². The van der Waals surface area contributed by atoms with Crippen LogP contribution in [0, 0.1) is 0 Å². The Morgan fingerprint density at radius 1 is 1.00 bits per heavy atom. The normalized spacial score (nSPS) is 14.1. The third kappa shape index (κ3) is 2.94. The van der Waals surface area contributed by atoms with Crippen molar-refractivity contribution >= 4 is 16.8 Å². The molecule has 6 heteroatoms. The van der Waals surface area contributed by atoms with Crippen LogP contribution in [0.4, 0.5) is 0 Å². The van der Waals surface area contributed by atoms with E-state index in [1.165, 1.54) is 5.56 Å². The molecular weight excluding hydrogens is 330 g/mol. The molecule has 3 aromatic rings. The quantitative estimate of drug-likeness (QED) is 0.765. The summed E-state index contributed by atoms with van der Waals surface area (Å²) in [4.78, 5) is 42.1. The van der Waals surface area contributed by atoms with Crippen molar-refractivity contribution in [2.45, 2.75) is 25.9 Å². The van der Waals surface area contributed by atoms with Gasteiger partial charge in [-0.25, -0.2) is 4.79 Å². The number of para-hydroxylation sites is 1. The summed E-state index contributed by atoms with van der Waals surface area (Å²) < 4.78 is 0.988. The molecule has 2 aromatic carbocycles. The number of fused-ring (bicyclic) bond motifs is 2. The van der Waals surface area contributed by atoms with Crippen LogP contribution in [0.25, 0.3) is 10.9 Å². The third-order valence-electron chi connectivity index (χ3n) is 4.89. The van der Waals surface area contributed by atoms with E-state index >= 15 is 0 Å². The number of aryl methyl sites for hydroxylation is 1. The fourth-order valence-electron chi connectivity index (χ4n) is 3.49. The lowest BCUT2D eigenvalue weighted by Gasteiger charge is -2.21. The first-order chi connectivity index (χ1) is 12.6. The zero-order valence-electron chi connectivity index (χ0n) is 14.3. The number of nitrogens with one attached hydrogen (secondary N) is 1. The summed E-state index contributed by atoms with van der Waals surface area (Å²) in [5.41, 5.74) is 1.86. The third-order valence-corrected chi connectivity index (χ3v) is 4.89. The Labute approximate surface area is 149 Å². The van der Waals surface area contributed by atoms with Gasteiger partial charge in [0.25, 0.3) is 5.56 Å². The molecule has 2 heterocycles. The number of hydrogen-bond donors (Lipinski definition) is 1. The molecule has 0 unspecified atom stereocenters. The number of carbonyl (C=O) groups excluding carboxylic acids is 1. The highest BCUT2D eigenvalue weighted by atomic mass is 16.2. The van der Waals surface area contributed by atoms with Crippen molar-refractivity contribution in [1.82, 2.24) is 14.5 Å². The smallest absolute Gasteiger partial charge is 0.329 e. The van der Waals surface area contributed by atoms with Gasteiger partial charge in [-0.2, -0.15) is 0 Å². The van der Waals surface area contributed by atoms with Crippen LogP contribution in [0.5, 0.6) is 0 Å². The fourth-order valence-corrected chi connectivity index (χ4v) is 3.49. The number of nitrogens with zero attached hydrogens (tertiary/aromatic N) is 2. The number of rotatable bonds is 2. The number of benzene rings is 2. The Morgan fingerprint density at radius 3 is 2.58 bits per heavy atom. The minimum absolute atomic E-state index is 0.218. The summed E-state index contributed by atoms with van der Waals surface area (Å²) in [5, 5.41) is 0.404. The predicted octanol–water partition coefficient (Wildman–Crippen LogP) is 1.66. The lowest BCUT2D eigenvalue weighted by Crippen LogP contribution is -2.42. The largest absolute Gasteiger partial charge is 0.337 e. The molecular formula is C20H19N3O3. The molecule has 0 radical (unpaired) electrons. The highest BCUT2D eigenvalue weighted by molar-refractivity contribution is 5.79. The number of aromatic amines is 1. The second-order valence-electron chi connectivity index (χ2n) is 6.55. The lowest BCUT2D eigenvalue weighted by atomic mass is 10.0. The molecule has 0 saturated heterocycles. The van der Waals surface area contributed by atoms with E-state index in [2.05, 4.69) is 11.1 Å². The molecule has 26 heavy (non-hydrogen) atoms. The van der Waals surface area contributed by atoms with Crippen LogP contribution in [-0.4, -0.2) is 26.9 Å². The standard InChI is InChI=1S/C20H19N3O3/c24-18(22-11-5-8-14-6-1-2-7-15(14)12-22)13-23-19(25)16-9-3-4-10-17(16)21-20(23)26/h1-4,6-7,9-10H,5,8,11-13H2,(H,21,26). The highest BCUT2D eigenvalue weighted by Crippen LogP contribution is 2.18. The summed E-state index contributed by atoms with van der Waals surface area (Å²) in [6, 6.07) is 14.9. The summed E-state index contributed by atoms with van der Waals surface area (Å²) in [6.45, 7) is 0.879. The molecule has 0 fully saturated rings. The number of carbonyl (C=O) groups is 1. The van der Waals surface area contributed by atoms with Gasteiger partial charge in [0.2, 0.25) is 5.91 Å². The van der Waals surface area contributed by atoms with Crippen LogP contribution in [0.15, 0.2) is 58.1 Å². The predicted molar refractivity (Wildman–Crippen MR) is 99.0 cm³/mol. The maximum atomic E-state index is 12.8. The first-order valence-electron chi connectivity index (χ1n) is 8.70. The van der Waals surface area contributed by atoms with E-state index < -0.39 is 11.2 Å². The molecule has 4 rings (SSSR count). The molecule has 1 aliphatic heterocycles. The van der Waals surface area contributed by atoms with Gasteiger partial charge in [-0.1, -0.05) is 36.4 Å². The van der Waals surface area contributed by atoms with Gasteiger partial charge in [0.1, 0.15) is 6.54 Å². The SMILES string of the molecule is O=C(Cn1c(=O)[nH]c2ccccc2c1=O)N1CCCc2ccccc2C1. The van der Waals surface area contributed by atoms with Crippen molar-refractivity contribution in [3.63, 3.8) is 0 Å². The van der Waals surface area contributed by atoms with Crippen molar-refractivity contribution in [3.05, 3.63) is 80.5 Å². The minimum Gasteiger partial charge on any atom is -0.337 e. The second-order valence-corrected chi connectivity index (χ2v) is 6.55. The molecule has 132 valence electrons. The minimum atomic E-state index is -0.558. The fraction of sp³-hybridized carbons (Fsp3) is 0.250. The summed E-state index contributed by atoms with van der Waals surface area (Å²) in [5.74, 6) is -0.218. The van der Waals surface area contributed by atoms with Crippen molar-refractivity contribution in [2.75, 3.05) is 6.54 Å². The zero-order valence-corrected chi connectivity index (χ0v) is 14.3. The van der Waals surface area contributed by atoms with Crippen LogP contribution in [0.3, 0.4) is 0 Å². The van der Waals surface area contributed by atoms with Gasteiger partial charge >= 0.3 is 5.69 Å². The molecule has 0 aliphatic carbocycles. The molecule has 0 saturated carbocycles. The van der Waals surface area contributed by atoms with Crippen LogP contribution in [0.2, 0.25) is 0 Å². The topological polar surface area (TPSA) is 75.2 Å². The molecule has 6 nitrogen and oxygen atoms in total. The summed E-state index contributed by atoms with van der Waals surface area (Å²) in [6.07, 6.45) is 1.79. The second kappa shape index (κ2) is 6.63. The van der Waals surface area contributed by atoms with Gasteiger partial charge in [0.15, 0.2) is 0 Å². The van der Waals surface area contributed by atoms with Crippen molar-refractivity contribution < 1.29 is 4.79 Å². The molecule has 1 aliphatic rings. The van der Waals surface area contributed by atoms with Crippen LogP contribution >= 0.6 is 0 Å². The van der Waals surface area contributed by atoms with Crippen LogP contribution in [0.1, 0.15) is 17.5 Å². The summed E-state index contributed by atoms with van der Waals surface area (Å²) in [7, 11) is 0. The highest BCUT2D eigenvalue weighted by Gasteiger charge is 2.20. The van der Waals surface area contributed by atoms with E-state index in [4.69, 9.17) is 0 Å². The van der Waals surface area contributed by atoms with Gasteiger partial charge in [-0.05, 0) is 36.1 Å². The Balaban J connectivity index is 1.64. The Kier molecular flexibility index (Phi) is 4.16. The Morgan fingerprint density at radius 2 is 1.73 bits per heavy atom. The van der Waals surface area contributed by atoms with Gasteiger partial charge < -0.3 is 9.88 Å². The summed E-state index contributed by atoms with van der Waals surface area (Å²) >= 11 is 0. The van der Waals surface area contributed by atoms with Gasteiger partial charge in [0, 0.05) is 13.1 Å². The number of aromatic nitrogens is 2. The van der Waals surface area contributed by atoms with E-state index in [1.807, 2.05) is 18.2 Å². The molecule has 1 amide bonds. The molecule has 0 atom stereocenters. The van der Waals surface area contributed by atoms with Gasteiger partial charge in [-0.3, -0.25) is 14.2 Å². The Hall–Kier alpha value is -3.15. The van der Waals surface area contributed by atoms with E-state index in [0.29, 0.717) is 24.0 Å². The first kappa shape index (κ1) is 16.3. The average molecular weight is 349 g/mol. The van der Waals surface area contributed by atoms with Crippen molar-refractivity contribution in [1.29, 1.82) is 0 Å². The van der Waals surface area contributed by atoms with Gasteiger partial charge in [0.05, 0.1) is 10.9 Å². The first-order valence-corrected chi connectivity index (χ1v) is 8.70. The number of H-pyrrole nitrogens is 1. The van der Waals surface area contributed by atoms with Crippen LogP contribution < -0.4 is 11.2 Å². The van der Waals surface area contributed by atoms with E-state index in [9.17, 15) is 14.4 Å². The van der Waals surface area contributed by atoms with Gasteiger partial charge in [-0.15, -0.1) is 0 Å². The Bertz CT molecular complexity index is 1100. The van der Waals surface area contributed by atoms with Crippen molar-refractivity contribution in [2.24, 2.45) is 0 Å². The monoisotopic (exact) mass is 349 g/mol. The van der Waals surface area contributed by atoms with Crippen LogP contribution in [-0.2, 0) is 24.3 Å². The van der Waals surface area contributed by atoms with Crippen molar-refractivity contribution in [3.8, 4) is 0 Å².